The van der Waals surface area contributed by atoms with Crippen molar-refractivity contribution in [1.82, 2.24) is 4.57 Å². The van der Waals surface area contributed by atoms with Crippen molar-refractivity contribution in [1.29, 1.82) is 0 Å². The first-order valence-electron chi connectivity index (χ1n) is 4.94. The minimum atomic E-state index is 0.564. The maximum atomic E-state index is 5.97. The van der Waals surface area contributed by atoms with E-state index in [0.717, 1.165) is 6.54 Å². The number of ether oxygens (including phenoxy) is 1. The molecule has 2 nitrogen and oxygen atoms in total. The fourth-order valence-corrected chi connectivity index (χ4v) is 1.70. The molecule has 0 saturated carbocycles. The van der Waals surface area contributed by atoms with E-state index in [2.05, 4.69) is 0 Å². The Labute approximate surface area is 104 Å². The van der Waals surface area contributed by atoms with Crippen molar-refractivity contribution < 1.29 is 4.74 Å². The zero-order chi connectivity index (χ0) is 11.4. The fraction of sp³-hybridized carbons (Fsp3) is 0.167. The Morgan fingerprint density at radius 2 is 1.88 bits per heavy atom. The van der Waals surface area contributed by atoms with Crippen molar-refractivity contribution in [2.45, 2.75) is 6.54 Å². The molecule has 0 N–H and O–H groups in total. The van der Waals surface area contributed by atoms with Gasteiger partial charge in [0.2, 0.25) is 0 Å². The summed E-state index contributed by atoms with van der Waals surface area (Å²) in [5.74, 6) is 0.626. The molecule has 0 fully saturated rings. The molecule has 1 aromatic heterocycles. The molecule has 0 aliphatic heterocycles. The molecule has 0 saturated heterocycles. The summed E-state index contributed by atoms with van der Waals surface area (Å²) in [6.07, 6.45) is 3.98. The maximum Gasteiger partial charge on any atom is 0.139 e. The quantitative estimate of drug-likeness (QED) is 0.809. The summed E-state index contributed by atoms with van der Waals surface area (Å²) in [4.78, 5) is 0. The number of halogens is 2. The molecule has 0 bridgehead atoms. The Hall–Kier alpha value is -1.12. The average molecular weight is 256 g/mol. The third-order valence-electron chi connectivity index (χ3n) is 2.17. The topological polar surface area (TPSA) is 14.2 Å². The van der Waals surface area contributed by atoms with Gasteiger partial charge in [-0.3, -0.25) is 0 Å². The first kappa shape index (κ1) is 11.4. The monoisotopic (exact) mass is 255 g/mol. The van der Waals surface area contributed by atoms with Gasteiger partial charge in [0, 0.05) is 23.5 Å². The van der Waals surface area contributed by atoms with Gasteiger partial charge in [-0.2, -0.15) is 0 Å². The second-order valence-corrected chi connectivity index (χ2v) is 4.19. The molecule has 0 atom stereocenters. The van der Waals surface area contributed by atoms with Crippen LogP contribution in [-0.4, -0.2) is 11.2 Å². The third kappa shape index (κ3) is 2.94. The lowest BCUT2D eigenvalue weighted by Gasteiger charge is -2.08. The van der Waals surface area contributed by atoms with Gasteiger partial charge in [-0.15, -0.1) is 0 Å². The minimum absolute atomic E-state index is 0.564. The van der Waals surface area contributed by atoms with Crippen molar-refractivity contribution in [3.8, 4) is 5.75 Å². The lowest BCUT2D eigenvalue weighted by molar-refractivity contribution is 0.299. The summed E-state index contributed by atoms with van der Waals surface area (Å²) in [7, 11) is 0. The summed E-state index contributed by atoms with van der Waals surface area (Å²) in [6, 6.07) is 9.15. The summed E-state index contributed by atoms with van der Waals surface area (Å²) in [6.45, 7) is 1.35. The first-order chi connectivity index (χ1) is 7.75. The molecule has 0 aliphatic carbocycles. The van der Waals surface area contributed by atoms with E-state index >= 15 is 0 Å². The largest absolute Gasteiger partial charge is 0.490 e. The van der Waals surface area contributed by atoms with Gasteiger partial charge in [0.15, 0.2) is 0 Å². The van der Waals surface area contributed by atoms with Crippen LogP contribution in [0.3, 0.4) is 0 Å². The van der Waals surface area contributed by atoms with Gasteiger partial charge < -0.3 is 9.30 Å². The molecule has 1 heterocycles. The van der Waals surface area contributed by atoms with Crippen LogP contribution in [0.4, 0.5) is 0 Å². The number of hydrogen-bond acceptors (Lipinski definition) is 1. The molecule has 0 amide bonds. The zero-order valence-corrected chi connectivity index (χ0v) is 10.1. The second-order valence-electron chi connectivity index (χ2n) is 3.34. The Bertz CT molecular complexity index is 454. The SMILES string of the molecule is Clc1ccc(Cl)c(OCCn2cccc2)c1. The molecule has 0 radical (unpaired) electrons. The first-order valence-corrected chi connectivity index (χ1v) is 5.70. The summed E-state index contributed by atoms with van der Waals surface area (Å²) in [5.41, 5.74) is 0. The van der Waals surface area contributed by atoms with Crippen molar-refractivity contribution in [3.63, 3.8) is 0 Å². The molecular formula is C12H11Cl2NO. The molecule has 0 aliphatic rings. The number of aromatic nitrogens is 1. The van der Waals surface area contributed by atoms with E-state index in [4.69, 9.17) is 27.9 Å². The Morgan fingerprint density at radius 3 is 2.62 bits per heavy atom. The average Bonchev–Trinajstić information content (AvgIpc) is 2.76. The van der Waals surface area contributed by atoms with Gasteiger partial charge in [-0.05, 0) is 24.3 Å². The van der Waals surface area contributed by atoms with Crippen LogP contribution in [0.2, 0.25) is 10.0 Å². The molecule has 16 heavy (non-hydrogen) atoms. The highest BCUT2D eigenvalue weighted by molar-refractivity contribution is 6.34. The lowest BCUT2D eigenvalue weighted by Crippen LogP contribution is -2.06. The smallest absolute Gasteiger partial charge is 0.139 e. The number of hydrogen-bond donors (Lipinski definition) is 0. The van der Waals surface area contributed by atoms with Crippen LogP contribution >= 0.6 is 23.2 Å². The van der Waals surface area contributed by atoms with E-state index in [0.29, 0.717) is 22.4 Å². The van der Waals surface area contributed by atoms with Crippen LogP contribution in [0.15, 0.2) is 42.7 Å². The molecule has 0 unspecified atom stereocenters. The Morgan fingerprint density at radius 1 is 1.12 bits per heavy atom. The van der Waals surface area contributed by atoms with E-state index in [1.807, 2.05) is 29.1 Å². The number of rotatable bonds is 4. The predicted octanol–water partition coefficient (Wildman–Crippen LogP) is 3.87. The van der Waals surface area contributed by atoms with E-state index in [1.54, 1.807) is 18.2 Å². The van der Waals surface area contributed by atoms with Crippen LogP contribution < -0.4 is 4.74 Å². The Balaban J connectivity index is 1.92. The van der Waals surface area contributed by atoms with Gasteiger partial charge in [0.05, 0.1) is 11.6 Å². The lowest BCUT2D eigenvalue weighted by atomic mass is 10.3. The van der Waals surface area contributed by atoms with Crippen molar-refractivity contribution in [3.05, 3.63) is 52.8 Å². The van der Waals surface area contributed by atoms with Gasteiger partial charge in [0.25, 0.3) is 0 Å². The zero-order valence-electron chi connectivity index (χ0n) is 8.57. The normalized spacial score (nSPS) is 10.4. The Kier molecular flexibility index (Phi) is 3.75. The van der Waals surface area contributed by atoms with E-state index in [1.165, 1.54) is 0 Å². The van der Waals surface area contributed by atoms with Crippen LogP contribution in [0.25, 0.3) is 0 Å². The highest BCUT2D eigenvalue weighted by Crippen LogP contribution is 2.27. The van der Waals surface area contributed by atoms with Crippen LogP contribution in [-0.2, 0) is 6.54 Å². The highest BCUT2D eigenvalue weighted by Gasteiger charge is 2.02. The van der Waals surface area contributed by atoms with E-state index in [-0.39, 0.29) is 0 Å². The van der Waals surface area contributed by atoms with Crippen LogP contribution in [0.1, 0.15) is 0 Å². The number of nitrogens with zero attached hydrogens (tertiary/aromatic N) is 1. The molecule has 2 rings (SSSR count). The predicted molar refractivity (Wildman–Crippen MR) is 66.4 cm³/mol. The number of benzene rings is 1. The summed E-state index contributed by atoms with van der Waals surface area (Å²) >= 11 is 11.8. The van der Waals surface area contributed by atoms with Crippen molar-refractivity contribution in [2.75, 3.05) is 6.61 Å². The molecule has 2 aromatic rings. The van der Waals surface area contributed by atoms with Crippen molar-refractivity contribution in [2.24, 2.45) is 0 Å². The third-order valence-corrected chi connectivity index (χ3v) is 2.71. The van der Waals surface area contributed by atoms with Gasteiger partial charge in [-0.1, -0.05) is 23.2 Å². The van der Waals surface area contributed by atoms with E-state index in [9.17, 15) is 0 Å². The minimum Gasteiger partial charge on any atom is -0.490 e. The molecule has 1 aromatic carbocycles. The molecule has 4 heteroatoms. The summed E-state index contributed by atoms with van der Waals surface area (Å²) in [5, 5.41) is 1.21. The van der Waals surface area contributed by atoms with Crippen LogP contribution in [0, 0.1) is 0 Å². The fourth-order valence-electron chi connectivity index (χ4n) is 1.37. The van der Waals surface area contributed by atoms with Gasteiger partial charge in [-0.25, -0.2) is 0 Å². The van der Waals surface area contributed by atoms with Crippen molar-refractivity contribution >= 4 is 23.2 Å². The standard InChI is InChI=1S/C12H11Cl2NO/c13-10-3-4-11(14)12(9-10)16-8-7-15-5-1-2-6-15/h1-6,9H,7-8H2. The van der Waals surface area contributed by atoms with Gasteiger partial charge >= 0.3 is 0 Å². The van der Waals surface area contributed by atoms with E-state index < -0.39 is 0 Å². The molecular weight excluding hydrogens is 245 g/mol. The highest BCUT2D eigenvalue weighted by atomic mass is 35.5. The van der Waals surface area contributed by atoms with Crippen LogP contribution in [0.5, 0.6) is 5.75 Å². The summed E-state index contributed by atoms with van der Waals surface area (Å²) < 4.78 is 7.59. The maximum absolute atomic E-state index is 5.97. The molecule has 0 spiro atoms. The van der Waals surface area contributed by atoms with Gasteiger partial charge in [0.1, 0.15) is 12.4 Å². The second kappa shape index (κ2) is 5.28. The molecule has 84 valence electrons.